The summed E-state index contributed by atoms with van der Waals surface area (Å²) in [5.41, 5.74) is 3.67. The highest BCUT2D eigenvalue weighted by Gasteiger charge is 2.04. The molecular weight excluding hydrogens is 262 g/mol. The Bertz CT molecular complexity index is 564. The Hall–Kier alpha value is -2.16. The molecule has 0 heterocycles. The fourth-order valence-electron chi connectivity index (χ4n) is 2.27. The summed E-state index contributed by atoms with van der Waals surface area (Å²) in [7, 11) is 3.30. The van der Waals surface area contributed by atoms with Gasteiger partial charge in [0.2, 0.25) is 0 Å². The highest BCUT2D eigenvalue weighted by atomic mass is 16.5. The van der Waals surface area contributed by atoms with Gasteiger partial charge in [-0.2, -0.15) is 0 Å². The molecule has 112 valence electrons. The molecule has 3 heteroatoms. The fourth-order valence-corrected chi connectivity index (χ4v) is 2.27. The van der Waals surface area contributed by atoms with Crippen molar-refractivity contribution < 1.29 is 9.47 Å². The maximum Gasteiger partial charge on any atom is 0.161 e. The van der Waals surface area contributed by atoms with E-state index in [4.69, 9.17) is 9.47 Å². The Balaban J connectivity index is 1.99. The van der Waals surface area contributed by atoms with Gasteiger partial charge in [-0.15, -0.1) is 0 Å². The van der Waals surface area contributed by atoms with Crippen LogP contribution in [0.3, 0.4) is 0 Å². The molecule has 0 amide bonds. The van der Waals surface area contributed by atoms with Gasteiger partial charge in [-0.3, -0.25) is 0 Å². The lowest BCUT2D eigenvalue weighted by atomic mass is 10.1. The highest BCUT2D eigenvalue weighted by molar-refractivity contribution is 5.47. The maximum atomic E-state index is 5.32. The molecule has 0 fully saturated rings. The molecular formula is C18H23NO2. The molecule has 0 saturated heterocycles. The summed E-state index contributed by atoms with van der Waals surface area (Å²) in [6.07, 6.45) is 2.31. The molecule has 2 aromatic rings. The number of methoxy groups -OCH3 is 2. The molecule has 1 N–H and O–H groups in total. The summed E-state index contributed by atoms with van der Waals surface area (Å²) >= 11 is 0. The quantitative estimate of drug-likeness (QED) is 0.824. The Labute approximate surface area is 126 Å². The van der Waals surface area contributed by atoms with E-state index in [0.717, 1.165) is 35.7 Å². The van der Waals surface area contributed by atoms with E-state index in [0.29, 0.717) is 0 Å². The van der Waals surface area contributed by atoms with Crippen molar-refractivity contribution in [3.8, 4) is 11.5 Å². The molecule has 0 radical (unpaired) electrons. The zero-order valence-electron chi connectivity index (χ0n) is 13.0. The molecule has 0 aliphatic heterocycles. The van der Waals surface area contributed by atoms with Crippen LogP contribution in [0.4, 0.5) is 5.69 Å². The predicted molar refractivity (Wildman–Crippen MR) is 87.3 cm³/mol. The number of hydrogen-bond acceptors (Lipinski definition) is 3. The minimum atomic E-state index is 0.755. The Morgan fingerprint density at radius 3 is 2.14 bits per heavy atom. The summed E-state index contributed by atoms with van der Waals surface area (Å²) in [4.78, 5) is 0. The Morgan fingerprint density at radius 2 is 1.52 bits per heavy atom. The first-order valence-electron chi connectivity index (χ1n) is 7.30. The second kappa shape index (κ2) is 7.58. The van der Waals surface area contributed by atoms with Crippen LogP contribution >= 0.6 is 0 Å². The summed E-state index contributed by atoms with van der Waals surface area (Å²) in [5.74, 6) is 1.51. The highest BCUT2D eigenvalue weighted by Crippen LogP contribution is 2.27. The number of anilines is 1. The van der Waals surface area contributed by atoms with Gasteiger partial charge in [0.1, 0.15) is 0 Å². The standard InChI is InChI=1S/C18H23NO2/c1-4-5-14-6-9-16(10-7-14)19-13-15-8-11-17(20-2)18(12-15)21-3/h6-12,19H,4-5,13H2,1-3H3. The molecule has 0 spiro atoms. The van der Waals surface area contributed by atoms with Crippen molar-refractivity contribution in [2.24, 2.45) is 0 Å². The normalized spacial score (nSPS) is 10.2. The number of aryl methyl sites for hydroxylation is 1. The van der Waals surface area contributed by atoms with Gasteiger partial charge in [0.05, 0.1) is 14.2 Å². The van der Waals surface area contributed by atoms with Crippen LogP contribution in [0, 0.1) is 0 Å². The van der Waals surface area contributed by atoms with Gasteiger partial charge in [-0.1, -0.05) is 31.5 Å². The van der Waals surface area contributed by atoms with Gasteiger partial charge in [-0.05, 0) is 41.8 Å². The minimum absolute atomic E-state index is 0.755. The molecule has 0 aromatic heterocycles. The van der Waals surface area contributed by atoms with Gasteiger partial charge in [-0.25, -0.2) is 0 Å². The molecule has 0 aliphatic rings. The minimum Gasteiger partial charge on any atom is -0.493 e. The lowest BCUT2D eigenvalue weighted by molar-refractivity contribution is 0.354. The van der Waals surface area contributed by atoms with Crippen molar-refractivity contribution in [3.05, 3.63) is 53.6 Å². The molecule has 0 bridgehead atoms. The topological polar surface area (TPSA) is 30.5 Å². The molecule has 2 aromatic carbocycles. The van der Waals surface area contributed by atoms with Gasteiger partial charge < -0.3 is 14.8 Å². The first kappa shape index (κ1) is 15.2. The molecule has 0 aliphatic carbocycles. The van der Waals surface area contributed by atoms with Crippen LogP contribution in [0.1, 0.15) is 24.5 Å². The number of hydrogen-bond donors (Lipinski definition) is 1. The molecule has 21 heavy (non-hydrogen) atoms. The Morgan fingerprint density at radius 1 is 0.857 bits per heavy atom. The first-order chi connectivity index (χ1) is 10.3. The summed E-state index contributed by atoms with van der Waals surface area (Å²) in [5, 5.41) is 3.42. The molecule has 0 atom stereocenters. The van der Waals surface area contributed by atoms with Gasteiger partial charge in [0.15, 0.2) is 11.5 Å². The van der Waals surface area contributed by atoms with Crippen LogP contribution in [0.25, 0.3) is 0 Å². The van der Waals surface area contributed by atoms with E-state index < -0.39 is 0 Å². The smallest absolute Gasteiger partial charge is 0.161 e. The third-order valence-corrected chi connectivity index (χ3v) is 3.44. The molecule has 3 nitrogen and oxygen atoms in total. The van der Waals surface area contributed by atoms with Crippen LogP contribution < -0.4 is 14.8 Å². The van der Waals surface area contributed by atoms with E-state index in [9.17, 15) is 0 Å². The van der Waals surface area contributed by atoms with Gasteiger partial charge in [0, 0.05) is 12.2 Å². The molecule has 0 unspecified atom stereocenters. The fraction of sp³-hybridized carbons (Fsp3) is 0.333. The van der Waals surface area contributed by atoms with E-state index >= 15 is 0 Å². The SMILES string of the molecule is CCCc1ccc(NCc2ccc(OC)c(OC)c2)cc1. The van der Waals surface area contributed by atoms with Crippen molar-refractivity contribution in [1.29, 1.82) is 0 Å². The van der Waals surface area contributed by atoms with Crippen LogP contribution in [-0.2, 0) is 13.0 Å². The number of benzene rings is 2. The largest absolute Gasteiger partial charge is 0.493 e. The maximum absolute atomic E-state index is 5.32. The monoisotopic (exact) mass is 285 g/mol. The van der Waals surface area contributed by atoms with Crippen LogP contribution in [-0.4, -0.2) is 14.2 Å². The van der Waals surface area contributed by atoms with Gasteiger partial charge in [0.25, 0.3) is 0 Å². The molecule has 2 rings (SSSR count). The average Bonchev–Trinajstić information content (AvgIpc) is 2.54. The number of ether oxygens (including phenoxy) is 2. The number of nitrogens with one attached hydrogen (secondary N) is 1. The summed E-state index contributed by atoms with van der Waals surface area (Å²) in [6.45, 7) is 2.96. The van der Waals surface area contributed by atoms with Crippen LogP contribution in [0.15, 0.2) is 42.5 Å². The first-order valence-corrected chi connectivity index (χ1v) is 7.30. The van der Waals surface area contributed by atoms with E-state index in [1.54, 1.807) is 14.2 Å². The second-order valence-electron chi connectivity index (χ2n) is 4.99. The zero-order valence-corrected chi connectivity index (χ0v) is 13.0. The van der Waals surface area contributed by atoms with Crippen molar-refractivity contribution in [3.63, 3.8) is 0 Å². The number of rotatable bonds is 7. The predicted octanol–water partition coefficient (Wildman–Crippen LogP) is 4.27. The lowest BCUT2D eigenvalue weighted by Crippen LogP contribution is -2.00. The van der Waals surface area contributed by atoms with Gasteiger partial charge >= 0.3 is 0 Å². The third-order valence-electron chi connectivity index (χ3n) is 3.44. The summed E-state index contributed by atoms with van der Waals surface area (Å²) in [6, 6.07) is 14.6. The zero-order chi connectivity index (χ0) is 15.1. The van der Waals surface area contributed by atoms with Crippen molar-refractivity contribution in [2.75, 3.05) is 19.5 Å². The molecule has 0 saturated carbocycles. The van der Waals surface area contributed by atoms with Crippen LogP contribution in [0.5, 0.6) is 11.5 Å². The van der Waals surface area contributed by atoms with E-state index in [-0.39, 0.29) is 0 Å². The van der Waals surface area contributed by atoms with E-state index in [1.165, 1.54) is 12.0 Å². The average molecular weight is 285 g/mol. The van der Waals surface area contributed by atoms with Crippen molar-refractivity contribution in [2.45, 2.75) is 26.3 Å². The van der Waals surface area contributed by atoms with E-state index in [1.807, 2.05) is 18.2 Å². The van der Waals surface area contributed by atoms with Crippen molar-refractivity contribution >= 4 is 5.69 Å². The van der Waals surface area contributed by atoms with E-state index in [2.05, 4.69) is 36.5 Å². The second-order valence-corrected chi connectivity index (χ2v) is 4.99. The van der Waals surface area contributed by atoms with Crippen molar-refractivity contribution in [1.82, 2.24) is 0 Å². The summed E-state index contributed by atoms with van der Waals surface area (Å²) < 4.78 is 10.6. The third kappa shape index (κ3) is 4.15. The lowest BCUT2D eigenvalue weighted by Gasteiger charge is -2.11. The Kier molecular flexibility index (Phi) is 5.50. The van der Waals surface area contributed by atoms with Crippen LogP contribution in [0.2, 0.25) is 0 Å².